The van der Waals surface area contributed by atoms with Crippen LogP contribution in [0.4, 0.5) is 0 Å². The van der Waals surface area contributed by atoms with Crippen LogP contribution >= 0.6 is 0 Å². The van der Waals surface area contributed by atoms with Crippen molar-refractivity contribution in [1.82, 2.24) is 23.8 Å². The molecular weight excluding hydrogens is 254 g/mol. The van der Waals surface area contributed by atoms with Gasteiger partial charge in [0.05, 0.1) is 6.54 Å². The van der Waals surface area contributed by atoms with E-state index in [-0.39, 0.29) is 12.6 Å². The minimum atomic E-state index is -3.41. The Balaban J connectivity index is 2.09. The lowest BCUT2D eigenvalue weighted by molar-refractivity contribution is 0.248. The van der Waals surface area contributed by atoms with Crippen LogP contribution in [-0.2, 0) is 16.8 Å². The lowest BCUT2D eigenvalue weighted by Gasteiger charge is -2.34. The van der Waals surface area contributed by atoms with Crippen molar-refractivity contribution in [2.24, 2.45) is 0 Å². The lowest BCUT2D eigenvalue weighted by Crippen LogP contribution is -2.48. The van der Waals surface area contributed by atoms with Gasteiger partial charge in [-0.05, 0) is 19.8 Å². The average Bonchev–Trinajstić information content (AvgIpc) is 2.82. The highest BCUT2D eigenvalue weighted by Gasteiger charge is 2.32. The maximum Gasteiger partial charge on any atom is 0.282 e. The maximum atomic E-state index is 12.4. The summed E-state index contributed by atoms with van der Waals surface area (Å²) >= 11 is 0. The Morgan fingerprint density at radius 2 is 2.33 bits per heavy atom. The molecule has 1 atom stereocenters. The molecule has 1 saturated heterocycles. The van der Waals surface area contributed by atoms with Crippen molar-refractivity contribution in [3.8, 4) is 0 Å². The molecule has 1 unspecified atom stereocenters. The van der Waals surface area contributed by atoms with Crippen LogP contribution in [0.1, 0.15) is 32.0 Å². The predicted molar refractivity (Wildman–Crippen MR) is 66.8 cm³/mol. The molecule has 1 N–H and O–H groups in total. The van der Waals surface area contributed by atoms with E-state index >= 15 is 0 Å². The lowest BCUT2D eigenvalue weighted by atomic mass is 10.1. The van der Waals surface area contributed by atoms with Gasteiger partial charge in [0.2, 0.25) is 0 Å². The molecule has 2 heterocycles. The molecule has 1 aliphatic heterocycles. The zero-order chi connectivity index (χ0) is 13.2. The van der Waals surface area contributed by atoms with E-state index in [1.54, 1.807) is 11.4 Å². The van der Waals surface area contributed by atoms with E-state index in [1.807, 2.05) is 6.92 Å². The second-order valence-corrected chi connectivity index (χ2v) is 6.64. The number of hydrogen-bond donors (Lipinski definition) is 1. The third kappa shape index (κ3) is 2.70. The van der Waals surface area contributed by atoms with Gasteiger partial charge in [-0.25, -0.2) is 4.98 Å². The van der Waals surface area contributed by atoms with Gasteiger partial charge in [0.15, 0.2) is 0 Å². The Kier molecular flexibility index (Phi) is 3.98. The van der Waals surface area contributed by atoms with Crippen LogP contribution < -0.4 is 0 Å². The number of H-pyrrole nitrogens is 1. The van der Waals surface area contributed by atoms with Crippen molar-refractivity contribution >= 4 is 10.2 Å². The van der Waals surface area contributed by atoms with Gasteiger partial charge < -0.3 is 0 Å². The molecule has 0 amide bonds. The number of aromatic amines is 1. The first-order chi connectivity index (χ1) is 8.51. The normalized spacial score (nSPS) is 22.5. The molecule has 8 heteroatoms. The zero-order valence-corrected chi connectivity index (χ0v) is 11.5. The number of rotatable bonds is 4. The first-order valence-electron chi connectivity index (χ1n) is 6.09. The van der Waals surface area contributed by atoms with Crippen LogP contribution in [-0.4, -0.2) is 51.8 Å². The fourth-order valence-electron chi connectivity index (χ4n) is 2.19. The van der Waals surface area contributed by atoms with Crippen LogP contribution in [0.5, 0.6) is 0 Å². The highest BCUT2D eigenvalue weighted by Crippen LogP contribution is 2.22. The summed E-state index contributed by atoms with van der Waals surface area (Å²) in [5.41, 5.74) is 0. The largest absolute Gasteiger partial charge is 0.282 e. The van der Waals surface area contributed by atoms with E-state index in [0.29, 0.717) is 12.4 Å². The molecule has 0 aliphatic carbocycles. The maximum absolute atomic E-state index is 12.4. The smallest absolute Gasteiger partial charge is 0.262 e. The molecule has 0 bridgehead atoms. The van der Waals surface area contributed by atoms with Crippen molar-refractivity contribution in [1.29, 1.82) is 0 Å². The molecular formula is C10H19N5O2S. The summed E-state index contributed by atoms with van der Waals surface area (Å²) in [4.78, 5) is 3.94. The molecule has 0 saturated carbocycles. The number of nitrogens with one attached hydrogen (secondary N) is 1. The Labute approximate surface area is 107 Å². The first kappa shape index (κ1) is 13.4. The fraction of sp³-hybridized carbons (Fsp3) is 0.800. The molecule has 1 aliphatic rings. The number of piperidine rings is 1. The van der Waals surface area contributed by atoms with E-state index in [4.69, 9.17) is 0 Å². The van der Waals surface area contributed by atoms with Crippen molar-refractivity contribution in [2.75, 3.05) is 13.6 Å². The summed E-state index contributed by atoms with van der Waals surface area (Å²) in [7, 11) is -1.84. The second kappa shape index (κ2) is 5.33. The summed E-state index contributed by atoms with van der Waals surface area (Å²) in [6, 6.07) is 0.0703. The third-order valence-corrected chi connectivity index (χ3v) is 5.32. The van der Waals surface area contributed by atoms with Gasteiger partial charge >= 0.3 is 0 Å². The van der Waals surface area contributed by atoms with Crippen molar-refractivity contribution in [3.05, 3.63) is 12.2 Å². The molecule has 0 spiro atoms. The first-order valence-corrected chi connectivity index (χ1v) is 7.49. The molecule has 1 aromatic heterocycles. The van der Waals surface area contributed by atoms with Crippen LogP contribution in [0.15, 0.2) is 6.33 Å². The quantitative estimate of drug-likeness (QED) is 0.858. The van der Waals surface area contributed by atoms with E-state index in [1.165, 1.54) is 10.6 Å². The summed E-state index contributed by atoms with van der Waals surface area (Å²) < 4.78 is 27.7. The van der Waals surface area contributed by atoms with Gasteiger partial charge in [-0.3, -0.25) is 5.10 Å². The summed E-state index contributed by atoms with van der Waals surface area (Å²) in [5.74, 6) is 0.547. The van der Waals surface area contributed by atoms with Gasteiger partial charge in [-0.1, -0.05) is 6.42 Å². The Bertz CT molecular complexity index is 472. The molecule has 1 fully saturated rings. The molecule has 2 rings (SSSR count). The van der Waals surface area contributed by atoms with E-state index < -0.39 is 10.2 Å². The van der Waals surface area contributed by atoms with Crippen molar-refractivity contribution in [2.45, 2.75) is 38.8 Å². The topological polar surface area (TPSA) is 82.2 Å². The predicted octanol–water partition coefficient (Wildman–Crippen LogP) is 0.356. The highest BCUT2D eigenvalue weighted by atomic mass is 32.2. The van der Waals surface area contributed by atoms with Gasteiger partial charge in [-0.2, -0.15) is 22.1 Å². The summed E-state index contributed by atoms with van der Waals surface area (Å²) in [6.45, 7) is 2.77. The molecule has 1 aromatic rings. The van der Waals surface area contributed by atoms with Crippen LogP contribution in [0.25, 0.3) is 0 Å². The standard InChI is InChI=1S/C10H19N5O2S/c1-9-5-3-4-6-15(9)18(16,17)14(2)7-10-11-8-12-13-10/h8-9H,3-7H2,1-2H3,(H,11,12,13). The Hall–Kier alpha value is -0.990. The molecule has 7 nitrogen and oxygen atoms in total. The van der Waals surface area contributed by atoms with Crippen molar-refractivity contribution in [3.63, 3.8) is 0 Å². The minimum Gasteiger partial charge on any atom is -0.262 e. The third-order valence-electron chi connectivity index (χ3n) is 3.27. The van der Waals surface area contributed by atoms with E-state index in [0.717, 1.165) is 19.3 Å². The van der Waals surface area contributed by atoms with E-state index in [9.17, 15) is 8.42 Å². The Morgan fingerprint density at radius 3 is 2.94 bits per heavy atom. The van der Waals surface area contributed by atoms with Gasteiger partial charge in [0, 0.05) is 19.6 Å². The van der Waals surface area contributed by atoms with Crippen LogP contribution in [0.3, 0.4) is 0 Å². The van der Waals surface area contributed by atoms with Gasteiger partial charge in [-0.15, -0.1) is 0 Å². The molecule has 102 valence electrons. The van der Waals surface area contributed by atoms with Crippen LogP contribution in [0.2, 0.25) is 0 Å². The summed E-state index contributed by atoms with van der Waals surface area (Å²) in [6.07, 6.45) is 4.33. The second-order valence-electron chi connectivity index (χ2n) is 4.65. The SMILES string of the molecule is CC1CCCCN1S(=O)(=O)N(C)Cc1ncn[nH]1. The van der Waals surface area contributed by atoms with Crippen molar-refractivity contribution < 1.29 is 8.42 Å². The van der Waals surface area contributed by atoms with Gasteiger partial charge in [0.1, 0.15) is 12.2 Å². The number of hydrogen-bond acceptors (Lipinski definition) is 4. The summed E-state index contributed by atoms with van der Waals surface area (Å²) in [5, 5.41) is 6.38. The van der Waals surface area contributed by atoms with Gasteiger partial charge in [0.25, 0.3) is 10.2 Å². The van der Waals surface area contributed by atoms with E-state index in [2.05, 4.69) is 15.2 Å². The monoisotopic (exact) mass is 273 g/mol. The molecule has 0 aromatic carbocycles. The molecule has 18 heavy (non-hydrogen) atoms. The van der Waals surface area contributed by atoms with Crippen LogP contribution in [0, 0.1) is 0 Å². The fourth-order valence-corrected chi connectivity index (χ4v) is 3.76. The Morgan fingerprint density at radius 1 is 1.56 bits per heavy atom. The number of nitrogens with zero attached hydrogens (tertiary/aromatic N) is 4. The zero-order valence-electron chi connectivity index (χ0n) is 10.7. The minimum absolute atomic E-state index is 0.0703. The highest BCUT2D eigenvalue weighted by molar-refractivity contribution is 7.86. The average molecular weight is 273 g/mol. The molecule has 0 radical (unpaired) electrons. The number of aromatic nitrogens is 3.